The number of rotatable bonds is 10. The maximum atomic E-state index is 11.4. The number of benzene rings is 3. The molecule has 0 atom stereocenters. The van der Waals surface area contributed by atoms with Crippen LogP contribution < -0.4 is 86.1 Å². The SMILES string of the molecule is Cc1nc(N=Nc2c(Nc3ccc(S(=O)(=O)[O-])cc3)nc(Nc3ccc(S(=O)(=O)[O-])cc3)c(C#N)c2C)sc1N=Nc1c[c-]c[c-]c1.O=C=O.O=C=O.[Li+].[Li+].[Li+].[Li+]. The molecule has 2 aromatic heterocycles. The fraction of sp³-hybridized carbons (Fsp3) is 0.0645. The van der Waals surface area contributed by atoms with E-state index in [-0.39, 0.29) is 116 Å². The van der Waals surface area contributed by atoms with Gasteiger partial charge in [0.15, 0.2) is 16.6 Å². The molecule has 2 heterocycles. The Morgan fingerprint density at radius 3 is 1.60 bits per heavy atom. The van der Waals surface area contributed by atoms with Crippen LogP contribution >= 0.6 is 11.3 Å². The topological polar surface area (TPSA) is 306 Å². The molecule has 19 nitrogen and oxygen atoms in total. The standard InChI is InChI=1S/C29H21N9O6S3.2CO2.4Li/c1-17-24(16-30)26(32-19-8-12-22(13-9-19)46(39,40)41)34-27(33-20-10-14-23(15-11-20)47(42,43)44)25(17)36-38-29-31-18(2)28(45-29)37-35-21-6-4-3-5-7-21;2*2-1-3;;;;/h3,6-15H,1-2H3,(H2,32,33,34)(H,39,40,41)(H,42,43,44);;;;;;/q-2;;;4*+1/p-2. The number of anilines is 4. The van der Waals surface area contributed by atoms with Crippen molar-refractivity contribution in [2.24, 2.45) is 20.5 Å². The van der Waals surface area contributed by atoms with Crippen LogP contribution in [0.3, 0.4) is 0 Å². The molecular formula is C31H19Li4N9O10S3. The van der Waals surface area contributed by atoms with E-state index in [1.54, 1.807) is 32.0 Å². The Morgan fingerprint density at radius 1 is 0.702 bits per heavy atom. The number of thiazole rings is 1. The normalized spacial score (nSPS) is 10.2. The predicted octanol–water partition coefficient (Wildman–Crippen LogP) is -6.40. The van der Waals surface area contributed by atoms with Crippen LogP contribution in [0, 0.1) is 37.3 Å². The molecule has 0 saturated heterocycles. The fourth-order valence-corrected chi connectivity index (χ4v) is 5.57. The summed E-state index contributed by atoms with van der Waals surface area (Å²) in [5, 5.41) is 33.6. The molecule has 0 fully saturated rings. The average Bonchev–Trinajstić information content (AvgIpc) is 3.47. The molecule has 57 heavy (non-hydrogen) atoms. The van der Waals surface area contributed by atoms with Gasteiger partial charge in [-0.1, -0.05) is 11.3 Å². The molecule has 5 aromatic rings. The minimum absolute atomic E-state index is 0. The molecule has 0 radical (unpaired) electrons. The second-order valence-electron chi connectivity index (χ2n) is 9.62. The molecule has 0 spiro atoms. The Bertz CT molecular complexity index is 2480. The molecule has 0 bridgehead atoms. The molecule has 0 aliphatic heterocycles. The molecule has 0 aliphatic rings. The average molecular weight is 802 g/mol. The summed E-state index contributed by atoms with van der Waals surface area (Å²) in [5.41, 5.74) is 2.27. The van der Waals surface area contributed by atoms with Crippen molar-refractivity contribution >= 4 is 88.4 Å². The quantitative estimate of drug-likeness (QED) is 0.0574. The van der Waals surface area contributed by atoms with Crippen LogP contribution in [0.5, 0.6) is 0 Å². The summed E-state index contributed by atoms with van der Waals surface area (Å²) < 4.78 is 68.2. The van der Waals surface area contributed by atoms with Gasteiger partial charge in [0.05, 0.1) is 21.0 Å². The monoisotopic (exact) mass is 801 g/mol. The van der Waals surface area contributed by atoms with Crippen molar-refractivity contribution < 1.29 is 121 Å². The Balaban J connectivity index is 0. The van der Waals surface area contributed by atoms with Crippen LogP contribution in [0.25, 0.3) is 0 Å². The van der Waals surface area contributed by atoms with Crippen LogP contribution in [-0.4, -0.2) is 48.2 Å². The van der Waals surface area contributed by atoms with Crippen molar-refractivity contribution in [3.8, 4) is 6.07 Å². The molecule has 0 aliphatic carbocycles. The van der Waals surface area contributed by atoms with E-state index >= 15 is 0 Å². The first kappa shape index (κ1) is 54.8. The molecule has 0 amide bonds. The smallest absolute Gasteiger partial charge is 0.744 e. The Morgan fingerprint density at radius 2 is 1.16 bits per heavy atom. The van der Waals surface area contributed by atoms with Crippen molar-refractivity contribution in [1.82, 2.24) is 9.97 Å². The van der Waals surface area contributed by atoms with Crippen molar-refractivity contribution in [3.63, 3.8) is 0 Å². The summed E-state index contributed by atoms with van der Waals surface area (Å²) in [6, 6.07) is 22.5. The van der Waals surface area contributed by atoms with E-state index in [0.29, 0.717) is 33.3 Å². The van der Waals surface area contributed by atoms with E-state index < -0.39 is 30.0 Å². The molecule has 0 saturated carbocycles. The predicted molar refractivity (Wildman–Crippen MR) is 178 cm³/mol. The molecule has 3 aromatic carbocycles. The van der Waals surface area contributed by atoms with Crippen LogP contribution in [0.15, 0.2) is 97.0 Å². The van der Waals surface area contributed by atoms with E-state index in [4.69, 9.17) is 19.2 Å². The third-order valence-electron chi connectivity index (χ3n) is 6.22. The zero-order valence-corrected chi connectivity index (χ0v) is 33.2. The summed E-state index contributed by atoms with van der Waals surface area (Å²) in [5.74, 6) is 0.125. The maximum Gasteiger partial charge on any atom is 1.00 e. The number of hydrogen-bond donors (Lipinski definition) is 2. The van der Waals surface area contributed by atoms with Crippen LogP contribution in [0.2, 0.25) is 0 Å². The molecule has 270 valence electrons. The number of aromatic nitrogens is 2. The van der Waals surface area contributed by atoms with Crippen molar-refractivity contribution in [2.75, 3.05) is 10.6 Å². The second kappa shape index (κ2) is 25.9. The molecule has 0 unspecified atom stereocenters. The summed E-state index contributed by atoms with van der Waals surface area (Å²) >= 11 is 1.11. The third-order valence-corrected chi connectivity index (χ3v) is 8.84. The largest absolute Gasteiger partial charge is 1.00 e. The number of azo groups is 2. The van der Waals surface area contributed by atoms with Crippen molar-refractivity contribution in [1.29, 1.82) is 5.26 Å². The van der Waals surface area contributed by atoms with Gasteiger partial charge in [0.1, 0.15) is 32.0 Å². The first-order valence-electron chi connectivity index (χ1n) is 13.9. The fourth-order valence-electron chi connectivity index (χ4n) is 3.92. The number of nitriles is 1. The minimum atomic E-state index is -4.68. The number of nitrogens with one attached hydrogen (secondary N) is 2. The Kier molecular flexibility index (Phi) is 24.9. The van der Waals surface area contributed by atoms with Crippen LogP contribution in [0.4, 0.5) is 44.5 Å². The Labute approximate surface area is 377 Å². The van der Waals surface area contributed by atoms with E-state index in [2.05, 4.69) is 59.3 Å². The van der Waals surface area contributed by atoms with Crippen molar-refractivity contribution in [2.45, 2.75) is 23.6 Å². The van der Waals surface area contributed by atoms with Gasteiger partial charge in [0, 0.05) is 16.9 Å². The van der Waals surface area contributed by atoms with Crippen LogP contribution in [0.1, 0.15) is 16.8 Å². The summed E-state index contributed by atoms with van der Waals surface area (Å²) in [7, 11) is -9.36. The van der Waals surface area contributed by atoms with Gasteiger partial charge in [-0.05, 0) is 62.4 Å². The van der Waals surface area contributed by atoms with Gasteiger partial charge < -0.3 is 37.9 Å². The van der Waals surface area contributed by atoms with Gasteiger partial charge in [-0.3, -0.25) is 17.2 Å². The summed E-state index contributed by atoms with van der Waals surface area (Å²) in [6.07, 6.45) is 0.500. The molecule has 2 N–H and O–H groups in total. The zero-order chi connectivity index (χ0) is 39.2. The number of pyridine rings is 1. The van der Waals surface area contributed by atoms with E-state index in [1.807, 2.05) is 0 Å². The van der Waals surface area contributed by atoms with E-state index in [0.717, 1.165) is 35.6 Å². The van der Waals surface area contributed by atoms with Crippen molar-refractivity contribution in [3.05, 3.63) is 95.7 Å². The van der Waals surface area contributed by atoms with E-state index in [9.17, 15) is 31.2 Å². The first-order valence-corrected chi connectivity index (χ1v) is 17.6. The molecular weight excluding hydrogens is 782 g/mol. The van der Waals surface area contributed by atoms with Gasteiger partial charge in [0.25, 0.3) is 0 Å². The molecule has 5 rings (SSSR count). The van der Waals surface area contributed by atoms with Gasteiger partial charge in [0.2, 0.25) is 5.13 Å². The number of nitrogens with zero attached hydrogens (tertiary/aromatic N) is 7. The Hall–Kier alpha value is -4.30. The maximum absolute atomic E-state index is 11.4. The second-order valence-corrected chi connectivity index (χ2v) is 13.3. The van der Waals surface area contributed by atoms with Crippen LogP contribution in [-0.2, 0) is 39.4 Å². The first-order chi connectivity index (χ1) is 25.1. The minimum Gasteiger partial charge on any atom is -0.744 e. The van der Waals surface area contributed by atoms with Gasteiger partial charge in [-0.25, -0.2) is 26.8 Å². The van der Waals surface area contributed by atoms with E-state index in [1.165, 1.54) is 24.3 Å². The van der Waals surface area contributed by atoms with Gasteiger partial charge >= 0.3 is 87.7 Å². The number of carbonyl (C=O) groups excluding carboxylic acids is 4. The number of aryl methyl sites for hydroxylation is 1. The summed E-state index contributed by atoms with van der Waals surface area (Å²) in [4.78, 5) is 40.5. The van der Waals surface area contributed by atoms with Gasteiger partial charge in [-0.2, -0.15) is 29.6 Å². The summed E-state index contributed by atoms with van der Waals surface area (Å²) in [6.45, 7) is 3.33. The number of hydrogen-bond acceptors (Lipinski definition) is 20. The molecule has 26 heteroatoms. The van der Waals surface area contributed by atoms with Gasteiger partial charge in [-0.15, -0.1) is 15.9 Å². The zero-order valence-electron chi connectivity index (χ0n) is 30.8. The third kappa shape index (κ3) is 16.6.